The molecule has 25 heavy (non-hydrogen) atoms. The van der Waals surface area contributed by atoms with E-state index in [1.807, 2.05) is 0 Å². The van der Waals surface area contributed by atoms with E-state index in [1.165, 1.54) is 4.31 Å². The SMILES string of the molecule is NS(=O)(=O)N1CCN(C(=O)CN2CCN(c3ncccn3)CC2)CC1. The monoisotopic (exact) mass is 369 g/mol. The lowest BCUT2D eigenvalue weighted by Crippen LogP contribution is -2.55. The second kappa shape index (κ2) is 7.60. The minimum Gasteiger partial charge on any atom is -0.339 e. The van der Waals surface area contributed by atoms with Crippen molar-refractivity contribution in [1.82, 2.24) is 24.1 Å². The van der Waals surface area contributed by atoms with Gasteiger partial charge in [0.2, 0.25) is 11.9 Å². The third kappa shape index (κ3) is 4.63. The largest absolute Gasteiger partial charge is 0.339 e. The summed E-state index contributed by atoms with van der Waals surface area (Å²) in [6, 6.07) is 1.79. The van der Waals surface area contributed by atoms with Crippen molar-refractivity contribution in [2.75, 3.05) is 63.8 Å². The van der Waals surface area contributed by atoms with Crippen LogP contribution in [-0.4, -0.2) is 97.3 Å². The molecule has 3 heterocycles. The van der Waals surface area contributed by atoms with Gasteiger partial charge in [0, 0.05) is 64.8 Å². The first kappa shape index (κ1) is 18.0. The second-order valence-electron chi connectivity index (χ2n) is 6.14. The number of nitrogens with zero attached hydrogens (tertiary/aromatic N) is 6. The maximum Gasteiger partial charge on any atom is 0.277 e. The molecule has 11 heteroatoms. The first-order chi connectivity index (χ1) is 11.9. The van der Waals surface area contributed by atoms with Crippen molar-refractivity contribution in [3.05, 3.63) is 18.5 Å². The van der Waals surface area contributed by atoms with Crippen molar-refractivity contribution in [2.24, 2.45) is 5.14 Å². The Balaban J connectivity index is 1.44. The number of anilines is 1. The first-order valence-corrected chi connectivity index (χ1v) is 9.74. The summed E-state index contributed by atoms with van der Waals surface area (Å²) >= 11 is 0. The summed E-state index contributed by atoms with van der Waals surface area (Å²) in [7, 11) is -3.67. The minimum absolute atomic E-state index is 0.0264. The van der Waals surface area contributed by atoms with E-state index in [-0.39, 0.29) is 19.0 Å². The van der Waals surface area contributed by atoms with Crippen LogP contribution in [0.3, 0.4) is 0 Å². The highest BCUT2D eigenvalue weighted by molar-refractivity contribution is 7.86. The summed E-state index contributed by atoms with van der Waals surface area (Å²) in [6.45, 7) is 4.70. The van der Waals surface area contributed by atoms with Crippen LogP contribution in [-0.2, 0) is 15.0 Å². The number of piperazine rings is 2. The summed E-state index contributed by atoms with van der Waals surface area (Å²) in [4.78, 5) is 26.8. The van der Waals surface area contributed by atoms with Crippen LogP contribution >= 0.6 is 0 Å². The zero-order valence-corrected chi connectivity index (χ0v) is 14.8. The molecule has 3 rings (SSSR count). The summed E-state index contributed by atoms with van der Waals surface area (Å²) in [5.74, 6) is 0.742. The number of hydrogen-bond donors (Lipinski definition) is 1. The van der Waals surface area contributed by atoms with Gasteiger partial charge in [-0.3, -0.25) is 9.69 Å². The third-order valence-corrected chi connectivity index (χ3v) is 5.60. The van der Waals surface area contributed by atoms with E-state index in [0.717, 1.165) is 26.2 Å². The number of carbonyl (C=O) groups is 1. The van der Waals surface area contributed by atoms with Crippen LogP contribution in [0, 0.1) is 0 Å². The molecule has 0 aliphatic carbocycles. The molecule has 2 fully saturated rings. The molecule has 0 radical (unpaired) electrons. The van der Waals surface area contributed by atoms with Crippen LogP contribution in [0.15, 0.2) is 18.5 Å². The normalized spacial score (nSPS) is 20.7. The van der Waals surface area contributed by atoms with Crippen LogP contribution in [0.4, 0.5) is 5.95 Å². The van der Waals surface area contributed by atoms with Gasteiger partial charge in [-0.1, -0.05) is 0 Å². The van der Waals surface area contributed by atoms with Crippen LogP contribution in [0.1, 0.15) is 0 Å². The highest BCUT2D eigenvalue weighted by Crippen LogP contribution is 2.11. The van der Waals surface area contributed by atoms with E-state index in [1.54, 1.807) is 23.4 Å². The predicted octanol–water partition coefficient (Wildman–Crippen LogP) is -2.05. The Bertz CT molecular complexity index is 684. The molecule has 1 aromatic heterocycles. The van der Waals surface area contributed by atoms with Gasteiger partial charge in [-0.25, -0.2) is 15.1 Å². The Labute approximate surface area is 147 Å². The van der Waals surface area contributed by atoms with E-state index in [9.17, 15) is 13.2 Å². The van der Waals surface area contributed by atoms with Crippen molar-refractivity contribution in [2.45, 2.75) is 0 Å². The van der Waals surface area contributed by atoms with Crippen molar-refractivity contribution in [1.29, 1.82) is 0 Å². The van der Waals surface area contributed by atoms with Gasteiger partial charge in [0.1, 0.15) is 0 Å². The Morgan fingerprint density at radius 1 is 1.00 bits per heavy atom. The van der Waals surface area contributed by atoms with Crippen LogP contribution in [0.25, 0.3) is 0 Å². The fourth-order valence-electron chi connectivity index (χ4n) is 3.04. The van der Waals surface area contributed by atoms with Crippen molar-refractivity contribution >= 4 is 22.1 Å². The number of rotatable bonds is 4. The summed E-state index contributed by atoms with van der Waals surface area (Å²) < 4.78 is 23.8. The molecule has 0 saturated carbocycles. The van der Waals surface area contributed by atoms with E-state index < -0.39 is 10.2 Å². The maximum absolute atomic E-state index is 12.4. The molecule has 2 aliphatic rings. The molecule has 1 aromatic rings. The van der Waals surface area contributed by atoms with Crippen molar-refractivity contribution in [3.63, 3.8) is 0 Å². The molecular weight excluding hydrogens is 346 g/mol. The average molecular weight is 369 g/mol. The highest BCUT2D eigenvalue weighted by atomic mass is 32.2. The number of carbonyl (C=O) groups excluding carboxylic acids is 1. The Kier molecular flexibility index (Phi) is 5.47. The van der Waals surface area contributed by atoms with Crippen LogP contribution < -0.4 is 10.0 Å². The molecule has 2 aliphatic heterocycles. The molecule has 2 N–H and O–H groups in total. The summed E-state index contributed by atoms with van der Waals surface area (Å²) in [6.07, 6.45) is 3.44. The van der Waals surface area contributed by atoms with Crippen molar-refractivity contribution < 1.29 is 13.2 Å². The third-order valence-electron chi connectivity index (χ3n) is 4.52. The highest BCUT2D eigenvalue weighted by Gasteiger charge is 2.28. The molecule has 0 bridgehead atoms. The molecule has 10 nitrogen and oxygen atoms in total. The average Bonchev–Trinajstić information content (AvgIpc) is 2.62. The summed E-state index contributed by atoms with van der Waals surface area (Å²) in [5.41, 5.74) is 0. The number of nitrogens with two attached hydrogens (primary N) is 1. The zero-order valence-electron chi connectivity index (χ0n) is 14.0. The van der Waals surface area contributed by atoms with Gasteiger partial charge in [-0.05, 0) is 6.07 Å². The van der Waals surface area contributed by atoms with Gasteiger partial charge in [-0.2, -0.15) is 12.7 Å². The lowest BCUT2D eigenvalue weighted by molar-refractivity contribution is -0.133. The Morgan fingerprint density at radius 3 is 2.16 bits per heavy atom. The van der Waals surface area contributed by atoms with Crippen LogP contribution in [0.2, 0.25) is 0 Å². The number of aromatic nitrogens is 2. The lowest BCUT2D eigenvalue weighted by atomic mass is 10.3. The lowest BCUT2D eigenvalue weighted by Gasteiger charge is -2.37. The van der Waals surface area contributed by atoms with Gasteiger partial charge in [-0.15, -0.1) is 0 Å². The predicted molar refractivity (Wildman–Crippen MR) is 91.9 cm³/mol. The van der Waals surface area contributed by atoms with Gasteiger partial charge in [0.25, 0.3) is 10.2 Å². The fraction of sp³-hybridized carbons (Fsp3) is 0.643. The molecule has 2 saturated heterocycles. The molecule has 1 amide bonds. The van der Waals surface area contributed by atoms with E-state index >= 15 is 0 Å². The van der Waals surface area contributed by atoms with E-state index in [4.69, 9.17) is 5.14 Å². The Morgan fingerprint density at radius 2 is 1.60 bits per heavy atom. The van der Waals surface area contributed by atoms with Gasteiger partial charge in [0.05, 0.1) is 6.54 Å². The smallest absolute Gasteiger partial charge is 0.277 e. The van der Waals surface area contributed by atoms with Crippen LogP contribution in [0.5, 0.6) is 0 Å². The maximum atomic E-state index is 12.4. The molecular formula is C14H23N7O3S. The molecule has 0 atom stereocenters. The number of hydrogen-bond acceptors (Lipinski definition) is 7. The topological polar surface area (TPSA) is 116 Å². The van der Waals surface area contributed by atoms with Crippen molar-refractivity contribution in [3.8, 4) is 0 Å². The molecule has 0 unspecified atom stereocenters. The van der Waals surface area contributed by atoms with Gasteiger partial charge < -0.3 is 9.80 Å². The van der Waals surface area contributed by atoms with Gasteiger partial charge in [0.15, 0.2) is 0 Å². The van der Waals surface area contributed by atoms with E-state index in [2.05, 4.69) is 19.8 Å². The standard InChI is InChI=1S/C14H23N7O3S/c15-25(23,24)21-10-8-19(9-11-21)13(22)12-18-4-6-20(7-5-18)14-16-2-1-3-17-14/h1-3H,4-12H2,(H2,15,23,24). The first-order valence-electron chi connectivity index (χ1n) is 8.23. The van der Waals surface area contributed by atoms with Gasteiger partial charge >= 0.3 is 0 Å². The molecule has 138 valence electrons. The molecule has 0 spiro atoms. The zero-order chi connectivity index (χ0) is 17.9. The van der Waals surface area contributed by atoms with E-state index in [0.29, 0.717) is 25.6 Å². The Hall–Kier alpha value is -1.82. The fourth-order valence-corrected chi connectivity index (χ4v) is 3.72. The summed E-state index contributed by atoms with van der Waals surface area (Å²) in [5, 5.41) is 5.11. The minimum atomic E-state index is -3.67. The quantitative estimate of drug-likeness (QED) is 0.649. The number of amides is 1. The molecule has 0 aromatic carbocycles. The second-order valence-corrected chi connectivity index (χ2v) is 7.68.